The Hall–Kier alpha value is -4.57. The van der Waals surface area contributed by atoms with Crippen LogP contribution in [0.3, 0.4) is 0 Å². The number of nitrogens with one attached hydrogen (secondary N) is 1. The van der Waals surface area contributed by atoms with Crippen molar-refractivity contribution in [2.45, 2.75) is 10.8 Å². The number of hydrogen-bond acceptors (Lipinski definition) is 3. The van der Waals surface area contributed by atoms with Gasteiger partial charge in [-0.25, -0.2) is 0 Å². The Labute approximate surface area is 214 Å². The minimum absolute atomic E-state index is 0.103. The number of rotatable bonds is 4. The summed E-state index contributed by atoms with van der Waals surface area (Å²) in [4.78, 5) is 42.6. The van der Waals surface area contributed by atoms with Gasteiger partial charge in [0.05, 0.1) is 22.7 Å². The highest BCUT2D eigenvalue weighted by Crippen LogP contribution is 2.73. The van der Waals surface area contributed by atoms with Crippen LogP contribution in [-0.2, 0) is 25.2 Å². The SMILES string of the molecule is O=C1NC(=O)[C@H]2[C@H]1[C@]1(c3ccccc3)C(=O)[C@]2(c2ccccc2)C(c2ccccc2)=C1c1ccccc1. The number of imide groups is 1. The summed E-state index contributed by atoms with van der Waals surface area (Å²) >= 11 is 0. The predicted octanol–water partition coefficient (Wildman–Crippen LogP) is 4.96. The fraction of sp³-hybridized carbons (Fsp3) is 0.121. The van der Waals surface area contributed by atoms with E-state index in [4.69, 9.17) is 0 Å². The third-order valence-corrected chi connectivity index (χ3v) is 8.42. The third-order valence-electron chi connectivity index (χ3n) is 8.42. The number of carbonyl (C=O) groups excluding carboxylic acids is 3. The molecule has 4 heteroatoms. The van der Waals surface area contributed by atoms with Crippen LogP contribution in [0.2, 0.25) is 0 Å². The van der Waals surface area contributed by atoms with Gasteiger partial charge in [0, 0.05) is 0 Å². The number of Topliss-reactive ketones (excluding diaryl/α,β-unsaturated/α-hetero) is 1. The first-order valence-electron chi connectivity index (χ1n) is 12.5. The number of ketones is 1. The van der Waals surface area contributed by atoms with E-state index >= 15 is 4.79 Å². The predicted molar refractivity (Wildman–Crippen MR) is 141 cm³/mol. The molecule has 0 radical (unpaired) electrons. The molecule has 4 aromatic rings. The lowest BCUT2D eigenvalue weighted by Crippen LogP contribution is -2.44. The van der Waals surface area contributed by atoms with E-state index in [-0.39, 0.29) is 17.6 Å². The molecule has 7 rings (SSSR count). The second-order valence-corrected chi connectivity index (χ2v) is 9.97. The van der Waals surface area contributed by atoms with Gasteiger partial charge >= 0.3 is 0 Å². The lowest BCUT2D eigenvalue weighted by Gasteiger charge is -2.39. The summed E-state index contributed by atoms with van der Waals surface area (Å²) in [6.45, 7) is 0. The molecule has 178 valence electrons. The third kappa shape index (κ3) is 2.54. The van der Waals surface area contributed by atoms with Gasteiger partial charge in [-0.05, 0) is 33.4 Å². The molecule has 3 aliphatic rings. The van der Waals surface area contributed by atoms with E-state index in [2.05, 4.69) is 5.32 Å². The summed E-state index contributed by atoms with van der Waals surface area (Å²) in [6, 6.07) is 38.8. The first-order valence-corrected chi connectivity index (χ1v) is 12.5. The molecule has 0 spiro atoms. The van der Waals surface area contributed by atoms with Crippen LogP contribution in [-0.4, -0.2) is 17.6 Å². The Bertz CT molecular complexity index is 1480. The molecule has 37 heavy (non-hydrogen) atoms. The van der Waals surface area contributed by atoms with E-state index in [1.165, 1.54) is 0 Å². The number of hydrogen-bond donors (Lipinski definition) is 1. The van der Waals surface area contributed by atoms with Crippen LogP contribution in [0.4, 0.5) is 0 Å². The van der Waals surface area contributed by atoms with Gasteiger partial charge in [-0.3, -0.25) is 19.7 Å². The molecule has 2 aliphatic carbocycles. The largest absolute Gasteiger partial charge is 0.297 e. The monoisotopic (exact) mass is 481 g/mol. The minimum Gasteiger partial charge on any atom is -0.297 e. The first-order chi connectivity index (χ1) is 18.1. The second-order valence-electron chi connectivity index (χ2n) is 9.97. The maximum absolute atomic E-state index is 15.3. The Kier molecular flexibility index (Phi) is 4.52. The van der Waals surface area contributed by atoms with Gasteiger partial charge < -0.3 is 0 Å². The van der Waals surface area contributed by atoms with Crippen molar-refractivity contribution in [3.8, 4) is 0 Å². The zero-order valence-corrected chi connectivity index (χ0v) is 19.9. The van der Waals surface area contributed by atoms with Gasteiger partial charge in [0.2, 0.25) is 11.8 Å². The van der Waals surface area contributed by atoms with Crippen LogP contribution in [0.25, 0.3) is 11.1 Å². The van der Waals surface area contributed by atoms with Crippen molar-refractivity contribution < 1.29 is 14.4 Å². The summed E-state index contributed by atoms with van der Waals surface area (Å²) in [5.41, 5.74) is 2.22. The average molecular weight is 482 g/mol. The molecule has 4 nitrogen and oxygen atoms in total. The standard InChI is InChI=1S/C33H23NO3/c35-29-27-28(30(36)34-29)33(24-19-11-4-12-20-24)26(22-15-7-2-8-16-22)25(21-13-5-1-6-14-21)32(27,31(33)37)23-17-9-3-10-18-23/h1-20,27-28H,(H,34,35,36)/t27-,28-,32-,33-/m1/s1. The van der Waals surface area contributed by atoms with Gasteiger partial charge in [-0.1, -0.05) is 121 Å². The summed E-state index contributed by atoms with van der Waals surface area (Å²) in [5, 5.41) is 2.62. The zero-order chi connectivity index (χ0) is 25.2. The summed E-state index contributed by atoms with van der Waals surface area (Å²) in [7, 11) is 0. The highest BCUT2D eigenvalue weighted by Gasteiger charge is 2.81. The smallest absolute Gasteiger partial charge is 0.232 e. The Morgan fingerprint density at radius 3 is 1.14 bits per heavy atom. The maximum Gasteiger partial charge on any atom is 0.232 e. The number of fused-ring (bicyclic) bond motifs is 5. The minimum atomic E-state index is -1.31. The fourth-order valence-electron chi connectivity index (χ4n) is 7.26. The molecule has 4 atom stereocenters. The molecule has 2 fully saturated rings. The Morgan fingerprint density at radius 1 is 0.459 bits per heavy atom. The highest BCUT2D eigenvalue weighted by molar-refractivity contribution is 6.35. The van der Waals surface area contributed by atoms with Crippen molar-refractivity contribution in [3.05, 3.63) is 144 Å². The van der Waals surface area contributed by atoms with E-state index in [0.717, 1.165) is 33.4 Å². The summed E-state index contributed by atoms with van der Waals surface area (Å²) in [6.07, 6.45) is 0. The number of amides is 2. The van der Waals surface area contributed by atoms with Crippen molar-refractivity contribution in [2.75, 3.05) is 0 Å². The van der Waals surface area contributed by atoms with Crippen LogP contribution in [0, 0.1) is 11.8 Å². The molecule has 4 aromatic carbocycles. The lowest BCUT2D eigenvalue weighted by molar-refractivity contribution is -0.132. The zero-order valence-electron chi connectivity index (χ0n) is 19.9. The summed E-state index contributed by atoms with van der Waals surface area (Å²) < 4.78 is 0. The molecule has 1 saturated heterocycles. The molecule has 2 amide bonds. The van der Waals surface area contributed by atoms with Gasteiger partial charge in [0.15, 0.2) is 5.78 Å². The lowest BCUT2D eigenvalue weighted by atomic mass is 9.59. The van der Waals surface area contributed by atoms with Crippen LogP contribution >= 0.6 is 0 Å². The van der Waals surface area contributed by atoms with Crippen molar-refractivity contribution in [3.63, 3.8) is 0 Å². The average Bonchev–Trinajstić information content (AvgIpc) is 3.49. The fourth-order valence-corrected chi connectivity index (χ4v) is 7.26. The van der Waals surface area contributed by atoms with Crippen molar-refractivity contribution in [1.82, 2.24) is 5.32 Å². The van der Waals surface area contributed by atoms with Crippen LogP contribution < -0.4 is 5.32 Å². The van der Waals surface area contributed by atoms with Crippen molar-refractivity contribution >= 4 is 28.7 Å². The van der Waals surface area contributed by atoms with Crippen LogP contribution in [0.15, 0.2) is 121 Å². The van der Waals surface area contributed by atoms with E-state index in [9.17, 15) is 9.59 Å². The molecular weight excluding hydrogens is 458 g/mol. The molecule has 1 saturated carbocycles. The molecule has 1 aliphatic heterocycles. The molecule has 2 bridgehead atoms. The number of benzene rings is 4. The summed E-state index contributed by atoms with van der Waals surface area (Å²) in [5.74, 6) is -2.57. The van der Waals surface area contributed by atoms with Gasteiger partial charge in [0.25, 0.3) is 0 Å². The molecular formula is C33H23NO3. The van der Waals surface area contributed by atoms with Crippen molar-refractivity contribution in [2.24, 2.45) is 11.8 Å². The first kappa shape index (κ1) is 21.7. The van der Waals surface area contributed by atoms with Gasteiger partial charge in [0.1, 0.15) is 0 Å². The van der Waals surface area contributed by atoms with Gasteiger partial charge in [-0.2, -0.15) is 0 Å². The highest BCUT2D eigenvalue weighted by atomic mass is 16.2. The van der Waals surface area contributed by atoms with E-state index in [1.54, 1.807) is 0 Å². The molecule has 0 unspecified atom stereocenters. The topological polar surface area (TPSA) is 63.2 Å². The molecule has 1 heterocycles. The molecule has 0 aromatic heterocycles. The van der Waals surface area contributed by atoms with E-state index in [1.807, 2.05) is 121 Å². The van der Waals surface area contributed by atoms with E-state index < -0.39 is 22.7 Å². The van der Waals surface area contributed by atoms with Gasteiger partial charge in [-0.15, -0.1) is 0 Å². The van der Waals surface area contributed by atoms with Crippen molar-refractivity contribution in [1.29, 1.82) is 0 Å². The molecule has 1 N–H and O–H groups in total. The van der Waals surface area contributed by atoms with Crippen LogP contribution in [0.5, 0.6) is 0 Å². The van der Waals surface area contributed by atoms with E-state index in [0.29, 0.717) is 0 Å². The normalized spacial score (nSPS) is 27.9. The van der Waals surface area contributed by atoms with Crippen LogP contribution in [0.1, 0.15) is 22.3 Å². The quantitative estimate of drug-likeness (QED) is 0.419. The Morgan fingerprint density at radius 2 is 0.784 bits per heavy atom. The number of allylic oxidation sites excluding steroid dienone is 2. The maximum atomic E-state index is 15.3. The Balaban J connectivity index is 1.73. The number of carbonyl (C=O) groups is 3. The second kappa shape index (κ2) is 7.71.